The third-order valence-corrected chi connectivity index (χ3v) is 3.55. The van der Waals surface area contributed by atoms with Crippen molar-refractivity contribution >= 4 is 22.1 Å². The summed E-state index contributed by atoms with van der Waals surface area (Å²) >= 11 is 0. The summed E-state index contributed by atoms with van der Waals surface area (Å²) < 4.78 is 13.3. The van der Waals surface area contributed by atoms with Gasteiger partial charge in [0.15, 0.2) is 0 Å². The third-order valence-electron chi connectivity index (χ3n) is 3.55. The number of nitrogens with zero attached hydrogens (tertiary/aromatic N) is 2. The van der Waals surface area contributed by atoms with Crippen LogP contribution in [0.2, 0.25) is 0 Å². The number of nitrogens with two attached hydrogens (primary N) is 1. The Morgan fingerprint density at radius 3 is 2.81 bits per heavy atom. The van der Waals surface area contributed by atoms with Crippen molar-refractivity contribution in [3.8, 4) is 0 Å². The first-order valence-electron chi connectivity index (χ1n) is 6.73. The molecule has 0 saturated carbocycles. The quantitative estimate of drug-likeness (QED) is 0.746. The maximum Gasteiger partial charge on any atom is 0.123 e. The van der Waals surface area contributed by atoms with Crippen LogP contribution in [-0.4, -0.2) is 12.0 Å². The molecule has 1 aromatic heterocycles. The Balaban J connectivity index is 1.98. The number of pyridine rings is 1. The van der Waals surface area contributed by atoms with E-state index in [-0.39, 0.29) is 5.82 Å². The van der Waals surface area contributed by atoms with Crippen molar-refractivity contribution in [2.75, 3.05) is 17.7 Å². The molecule has 2 N–H and O–H groups in total. The van der Waals surface area contributed by atoms with Gasteiger partial charge in [-0.1, -0.05) is 12.1 Å². The molecule has 0 unspecified atom stereocenters. The molecule has 0 radical (unpaired) electrons. The largest absolute Gasteiger partial charge is 0.398 e. The van der Waals surface area contributed by atoms with Crippen LogP contribution in [-0.2, 0) is 6.54 Å². The van der Waals surface area contributed by atoms with Crippen molar-refractivity contribution in [3.05, 3.63) is 66.2 Å². The number of fused-ring (bicyclic) bond motifs is 1. The van der Waals surface area contributed by atoms with Gasteiger partial charge in [0.25, 0.3) is 0 Å². The van der Waals surface area contributed by atoms with E-state index in [4.69, 9.17) is 5.73 Å². The SMILES string of the molecule is CN(Cc1cccc(F)c1)c1ccc(N)c2cnccc12. The fraction of sp³-hybridized carbons (Fsp3) is 0.118. The molecule has 0 bridgehead atoms. The molecule has 4 heteroatoms. The normalized spacial score (nSPS) is 10.8. The standard InChI is InChI=1S/C17H16FN3/c1-21(11-12-3-2-4-13(18)9-12)17-6-5-16(19)15-10-20-8-7-14(15)17/h2-10H,11,19H2,1H3. The summed E-state index contributed by atoms with van der Waals surface area (Å²) in [5.41, 5.74) is 8.67. The van der Waals surface area contributed by atoms with Crippen molar-refractivity contribution in [1.29, 1.82) is 0 Å². The van der Waals surface area contributed by atoms with Crippen LogP contribution in [0.25, 0.3) is 10.8 Å². The van der Waals surface area contributed by atoms with Gasteiger partial charge in [-0.15, -0.1) is 0 Å². The van der Waals surface area contributed by atoms with Crippen molar-refractivity contribution in [3.63, 3.8) is 0 Å². The lowest BCUT2D eigenvalue weighted by Crippen LogP contribution is -2.17. The van der Waals surface area contributed by atoms with Crippen LogP contribution in [0.4, 0.5) is 15.8 Å². The van der Waals surface area contributed by atoms with E-state index in [2.05, 4.69) is 9.88 Å². The summed E-state index contributed by atoms with van der Waals surface area (Å²) in [5.74, 6) is -0.215. The van der Waals surface area contributed by atoms with Crippen LogP contribution in [0.3, 0.4) is 0 Å². The Labute approximate surface area is 122 Å². The zero-order valence-corrected chi connectivity index (χ0v) is 11.8. The van der Waals surface area contributed by atoms with Gasteiger partial charge in [0.2, 0.25) is 0 Å². The second-order valence-electron chi connectivity index (χ2n) is 5.08. The Morgan fingerprint density at radius 2 is 2.00 bits per heavy atom. The van der Waals surface area contributed by atoms with Crippen LogP contribution < -0.4 is 10.6 Å². The molecule has 0 aliphatic heterocycles. The number of halogens is 1. The van der Waals surface area contributed by atoms with E-state index >= 15 is 0 Å². The summed E-state index contributed by atoms with van der Waals surface area (Å²) in [5, 5.41) is 1.98. The van der Waals surface area contributed by atoms with E-state index in [1.165, 1.54) is 6.07 Å². The van der Waals surface area contributed by atoms with Crippen molar-refractivity contribution < 1.29 is 4.39 Å². The number of benzene rings is 2. The zero-order valence-electron chi connectivity index (χ0n) is 11.8. The lowest BCUT2D eigenvalue weighted by Gasteiger charge is -2.22. The molecule has 1 heterocycles. The molecule has 0 aliphatic carbocycles. The van der Waals surface area contributed by atoms with E-state index in [1.54, 1.807) is 24.5 Å². The monoisotopic (exact) mass is 281 g/mol. The molecule has 2 aromatic carbocycles. The van der Waals surface area contributed by atoms with Gasteiger partial charge >= 0.3 is 0 Å². The summed E-state index contributed by atoms with van der Waals surface area (Å²) in [6.07, 6.45) is 3.52. The summed E-state index contributed by atoms with van der Waals surface area (Å²) in [6, 6.07) is 12.5. The first kappa shape index (κ1) is 13.4. The summed E-state index contributed by atoms with van der Waals surface area (Å²) in [6.45, 7) is 0.624. The van der Waals surface area contributed by atoms with Gasteiger partial charge < -0.3 is 10.6 Å². The highest BCUT2D eigenvalue weighted by atomic mass is 19.1. The molecule has 0 spiro atoms. The Hall–Kier alpha value is -2.62. The van der Waals surface area contributed by atoms with Crippen LogP contribution in [0.5, 0.6) is 0 Å². The zero-order chi connectivity index (χ0) is 14.8. The van der Waals surface area contributed by atoms with E-state index in [0.29, 0.717) is 12.2 Å². The minimum absolute atomic E-state index is 0.215. The van der Waals surface area contributed by atoms with E-state index in [0.717, 1.165) is 22.0 Å². The van der Waals surface area contributed by atoms with E-state index in [9.17, 15) is 4.39 Å². The van der Waals surface area contributed by atoms with E-state index in [1.807, 2.05) is 31.3 Å². The van der Waals surface area contributed by atoms with Crippen LogP contribution >= 0.6 is 0 Å². The fourth-order valence-corrected chi connectivity index (χ4v) is 2.52. The first-order chi connectivity index (χ1) is 10.1. The van der Waals surface area contributed by atoms with Gasteiger partial charge in [0.05, 0.1) is 0 Å². The van der Waals surface area contributed by atoms with E-state index < -0.39 is 0 Å². The minimum atomic E-state index is -0.215. The van der Waals surface area contributed by atoms with Crippen molar-refractivity contribution in [2.45, 2.75) is 6.54 Å². The minimum Gasteiger partial charge on any atom is -0.398 e. The Morgan fingerprint density at radius 1 is 1.14 bits per heavy atom. The molecule has 0 atom stereocenters. The molecular formula is C17H16FN3. The highest BCUT2D eigenvalue weighted by molar-refractivity contribution is 6.00. The van der Waals surface area contributed by atoms with Crippen molar-refractivity contribution in [2.24, 2.45) is 0 Å². The number of rotatable bonds is 3. The summed E-state index contributed by atoms with van der Waals surface area (Å²) in [4.78, 5) is 6.20. The van der Waals surface area contributed by atoms with Crippen molar-refractivity contribution in [1.82, 2.24) is 4.98 Å². The molecule has 21 heavy (non-hydrogen) atoms. The van der Waals surface area contributed by atoms with Gasteiger partial charge in [0.1, 0.15) is 5.82 Å². The fourth-order valence-electron chi connectivity index (χ4n) is 2.52. The molecule has 0 amide bonds. The molecule has 106 valence electrons. The average Bonchev–Trinajstić information content (AvgIpc) is 2.48. The lowest BCUT2D eigenvalue weighted by atomic mass is 10.1. The third kappa shape index (κ3) is 2.65. The number of anilines is 2. The van der Waals surface area contributed by atoms with Crippen LogP contribution in [0.1, 0.15) is 5.56 Å². The molecular weight excluding hydrogens is 265 g/mol. The molecule has 0 saturated heterocycles. The Kier molecular flexibility index (Phi) is 3.44. The molecule has 3 aromatic rings. The van der Waals surface area contributed by atoms with Crippen LogP contribution in [0.15, 0.2) is 54.9 Å². The Bertz CT molecular complexity index is 786. The topological polar surface area (TPSA) is 42.1 Å². The molecule has 3 rings (SSSR count). The lowest BCUT2D eigenvalue weighted by molar-refractivity contribution is 0.625. The number of aromatic nitrogens is 1. The average molecular weight is 281 g/mol. The predicted octanol–water partition coefficient (Wildman–Crippen LogP) is 3.59. The first-order valence-corrected chi connectivity index (χ1v) is 6.73. The maximum atomic E-state index is 13.3. The highest BCUT2D eigenvalue weighted by Crippen LogP contribution is 2.30. The second kappa shape index (κ2) is 5.40. The summed E-state index contributed by atoms with van der Waals surface area (Å²) in [7, 11) is 1.98. The number of nitrogen functional groups attached to an aromatic ring is 1. The van der Waals surface area contributed by atoms with Gasteiger partial charge in [-0.25, -0.2) is 4.39 Å². The van der Waals surface area contributed by atoms with Gasteiger partial charge in [-0.2, -0.15) is 0 Å². The molecule has 0 aliphatic rings. The number of hydrogen-bond acceptors (Lipinski definition) is 3. The highest BCUT2D eigenvalue weighted by Gasteiger charge is 2.09. The van der Waals surface area contributed by atoms with Gasteiger partial charge in [-0.3, -0.25) is 4.98 Å². The molecule has 0 fully saturated rings. The molecule has 3 nitrogen and oxygen atoms in total. The van der Waals surface area contributed by atoms with Crippen LogP contribution in [0, 0.1) is 5.82 Å². The second-order valence-corrected chi connectivity index (χ2v) is 5.08. The smallest absolute Gasteiger partial charge is 0.123 e. The maximum absolute atomic E-state index is 13.3. The predicted molar refractivity (Wildman–Crippen MR) is 84.7 cm³/mol. The van der Waals surface area contributed by atoms with Gasteiger partial charge in [-0.05, 0) is 35.9 Å². The number of hydrogen-bond donors (Lipinski definition) is 1. The van der Waals surface area contributed by atoms with Gasteiger partial charge in [0, 0.05) is 48.1 Å².